The van der Waals surface area contributed by atoms with Gasteiger partial charge >= 0.3 is 0 Å². The van der Waals surface area contributed by atoms with Crippen molar-refractivity contribution >= 4 is 38.4 Å². The molecule has 45 heavy (non-hydrogen) atoms. The lowest BCUT2D eigenvalue weighted by molar-refractivity contribution is 0.0916. The fourth-order valence-corrected chi connectivity index (χ4v) is 6.59. The normalized spacial score (nSPS) is 14.5. The molecule has 1 heterocycles. The maximum absolute atomic E-state index is 13.4. The van der Waals surface area contributed by atoms with Gasteiger partial charge in [-0.05, 0) is 62.8 Å². The molecule has 3 aromatic carbocycles. The van der Waals surface area contributed by atoms with E-state index in [1.54, 1.807) is 50.2 Å². The number of furan rings is 1. The lowest BCUT2D eigenvalue weighted by Crippen LogP contribution is -2.46. The molecule has 5 rings (SSSR count). The van der Waals surface area contributed by atoms with E-state index in [9.17, 15) is 27.7 Å². The summed E-state index contributed by atoms with van der Waals surface area (Å²) in [7, 11) is -3.88. The molecule has 0 aliphatic heterocycles. The Morgan fingerprint density at radius 3 is 2.42 bits per heavy atom. The first-order chi connectivity index (χ1) is 21.4. The van der Waals surface area contributed by atoms with Crippen LogP contribution >= 0.6 is 0 Å². The molecule has 8 nitrogen and oxygen atoms in total. The maximum Gasteiger partial charge on any atom is 0.252 e. The van der Waals surface area contributed by atoms with Crippen molar-refractivity contribution in [3.05, 3.63) is 77.4 Å². The number of fused-ring (bicyclic) bond motifs is 1. The molecule has 4 aromatic rings. The molecule has 1 aliphatic carbocycles. The molecule has 1 unspecified atom stereocenters. The number of aryl methyl sites for hydroxylation is 1. The third-order valence-electron chi connectivity index (χ3n) is 8.32. The third-order valence-corrected chi connectivity index (χ3v) is 9.50. The van der Waals surface area contributed by atoms with Gasteiger partial charge in [-0.2, -0.15) is 5.26 Å². The number of halogens is 1. The van der Waals surface area contributed by atoms with E-state index < -0.39 is 28.1 Å². The lowest BCUT2D eigenvalue weighted by atomic mass is 9.94. The van der Waals surface area contributed by atoms with Gasteiger partial charge in [-0.3, -0.25) is 18.3 Å². The van der Waals surface area contributed by atoms with Crippen molar-refractivity contribution in [3.8, 4) is 28.5 Å². The van der Waals surface area contributed by atoms with Gasteiger partial charge in [0, 0.05) is 41.1 Å². The summed E-state index contributed by atoms with van der Waals surface area (Å²) >= 11 is 0. The van der Waals surface area contributed by atoms with Gasteiger partial charge < -0.3 is 9.73 Å². The first-order valence-corrected chi connectivity index (χ1v) is 16.8. The minimum atomic E-state index is -3.88. The van der Waals surface area contributed by atoms with Crippen LogP contribution in [0.1, 0.15) is 65.8 Å². The second-order valence-corrected chi connectivity index (χ2v) is 13.7. The van der Waals surface area contributed by atoms with E-state index in [4.69, 9.17) is 4.42 Å². The summed E-state index contributed by atoms with van der Waals surface area (Å²) in [5, 5.41) is 13.1. The number of alkyl halides is 1. The van der Waals surface area contributed by atoms with E-state index in [0.29, 0.717) is 39.0 Å². The van der Waals surface area contributed by atoms with Crippen LogP contribution in [0.5, 0.6) is 0 Å². The highest BCUT2D eigenvalue weighted by atomic mass is 32.2. The van der Waals surface area contributed by atoms with E-state index in [1.165, 1.54) is 0 Å². The molecule has 234 valence electrons. The van der Waals surface area contributed by atoms with Gasteiger partial charge in [0.2, 0.25) is 10.0 Å². The molecule has 1 fully saturated rings. The van der Waals surface area contributed by atoms with E-state index in [0.717, 1.165) is 29.0 Å². The van der Waals surface area contributed by atoms with Gasteiger partial charge in [-0.1, -0.05) is 48.9 Å². The summed E-state index contributed by atoms with van der Waals surface area (Å²) in [5.41, 5.74) is 2.86. The molecule has 1 atom stereocenters. The van der Waals surface area contributed by atoms with Crippen LogP contribution in [0.3, 0.4) is 0 Å². The summed E-state index contributed by atoms with van der Waals surface area (Å²) in [6, 6.07) is 19.7. The van der Waals surface area contributed by atoms with Crippen LogP contribution in [0.15, 0.2) is 65.1 Å². The number of benzene rings is 3. The van der Waals surface area contributed by atoms with Gasteiger partial charge in [0.15, 0.2) is 5.78 Å². The van der Waals surface area contributed by atoms with Crippen LogP contribution in [-0.2, 0) is 10.0 Å². The lowest BCUT2D eigenvalue weighted by Gasteiger charge is -2.25. The third kappa shape index (κ3) is 6.50. The zero-order valence-electron chi connectivity index (χ0n) is 25.8. The van der Waals surface area contributed by atoms with Gasteiger partial charge in [0.1, 0.15) is 16.9 Å². The largest absolute Gasteiger partial charge is 0.455 e. The number of carbonyl (C=O) groups is 2. The molecular weight excluding hydrogens is 593 g/mol. The smallest absolute Gasteiger partial charge is 0.252 e. The molecule has 1 aliphatic rings. The Labute approximate surface area is 262 Å². The Bertz CT molecular complexity index is 1920. The number of hydrogen-bond donors (Lipinski definition) is 1. The van der Waals surface area contributed by atoms with Crippen molar-refractivity contribution in [2.75, 3.05) is 23.8 Å². The second kappa shape index (κ2) is 12.5. The molecule has 0 saturated heterocycles. The number of sulfonamides is 1. The Kier molecular flexibility index (Phi) is 8.86. The molecule has 1 amide bonds. The number of Topliss-reactive ketones (excluding diaryl/α,β-unsaturated/α-hetero) is 1. The standard InChI is InChI=1S/C35H36FN3O5S/c1-5-30(40)32-28-19-27(24-8-6-9-25(18-24)34(41)38-35(3,21-37)26-14-15-26)29(39(17-7-16-36)45(4,42)43)20-31(28)44-33(32)23-12-10-22(2)11-13-23/h6,8-13,18-20,26H,5,7,14-17H2,1-4H3,(H,38,41). The number of hydrogen-bond acceptors (Lipinski definition) is 6. The predicted molar refractivity (Wildman–Crippen MR) is 173 cm³/mol. The molecule has 0 spiro atoms. The van der Waals surface area contributed by atoms with Crippen LogP contribution in [0.25, 0.3) is 33.4 Å². The van der Waals surface area contributed by atoms with E-state index in [2.05, 4.69) is 11.4 Å². The number of nitrogens with one attached hydrogen (secondary N) is 1. The van der Waals surface area contributed by atoms with Gasteiger partial charge in [0.05, 0.1) is 30.3 Å². The minimum Gasteiger partial charge on any atom is -0.455 e. The van der Waals surface area contributed by atoms with Crippen molar-refractivity contribution in [2.45, 2.75) is 52.0 Å². The van der Waals surface area contributed by atoms with Crippen LogP contribution in [0.4, 0.5) is 10.1 Å². The first-order valence-electron chi connectivity index (χ1n) is 15.0. The van der Waals surface area contributed by atoms with Crippen LogP contribution in [0, 0.1) is 24.2 Å². The van der Waals surface area contributed by atoms with Crippen LogP contribution in [-0.4, -0.2) is 45.1 Å². The van der Waals surface area contributed by atoms with E-state index in [1.807, 2.05) is 31.2 Å². The highest BCUT2D eigenvalue weighted by molar-refractivity contribution is 7.92. The Balaban J connectivity index is 1.74. The van der Waals surface area contributed by atoms with Crippen LogP contribution in [0.2, 0.25) is 0 Å². The monoisotopic (exact) mass is 629 g/mol. The number of ketones is 1. The number of anilines is 1. The first kappa shape index (κ1) is 31.9. The van der Waals surface area contributed by atoms with Crippen molar-refractivity contribution in [1.29, 1.82) is 5.26 Å². The highest BCUT2D eigenvalue weighted by Crippen LogP contribution is 2.43. The summed E-state index contributed by atoms with van der Waals surface area (Å²) < 4.78 is 47.0. The van der Waals surface area contributed by atoms with Gasteiger partial charge in [-0.15, -0.1) is 0 Å². The zero-order chi connectivity index (χ0) is 32.5. The van der Waals surface area contributed by atoms with Crippen molar-refractivity contribution < 1.29 is 26.8 Å². The summed E-state index contributed by atoms with van der Waals surface area (Å²) in [4.78, 5) is 26.8. The number of nitrogens with zero attached hydrogens (tertiary/aromatic N) is 2. The van der Waals surface area contributed by atoms with Crippen molar-refractivity contribution in [1.82, 2.24) is 5.32 Å². The fraction of sp³-hybridized carbons (Fsp3) is 0.343. The molecule has 0 bridgehead atoms. The predicted octanol–water partition coefficient (Wildman–Crippen LogP) is 7.22. The summed E-state index contributed by atoms with van der Waals surface area (Å²) in [6.45, 7) is 4.59. The number of amides is 1. The van der Waals surface area contributed by atoms with Gasteiger partial charge in [0.25, 0.3) is 5.91 Å². The maximum atomic E-state index is 13.4. The number of rotatable bonds is 12. The fourth-order valence-electron chi connectivity index (χ4n) is 5.62. The highest BCUT2D eigenvalue weighted by Gasteiger charge is 2.43. The average Bonchev–Trinajstić information content (AvgIpc) is 3.82. The summed E-state index contributed by atoms with van der Waals surface area (Å²) in [6.07, 6.45) is 2.96. The van der Waals surface area contributed by atoms with Crippen molar-refractivity contribution in [3.63, 3.8) is 0 Å². The van der Waals surface area contributed by atoms with E-state index >= 15 is 0 Å². The minimum absolute atomic E-state index is 0.0345. The molecule has 0 radical (unpaired) electrons. The Hall–Kier alpha value is -4.49. The summed E-state index contributed by atoms with van der Waals surface area (Å²) in [5.74, 6) is -0.122. The Morgan fingerprint density at radius 1 is 1.11 bits per heavy atom. The molecule has 10 heteroatoms. The Morgan fingerprint density at radius 2 is 1.82 bits per heavy atom. The average molecular weight is 630 g/mol. The quantitative estimate of drug-likeness (QED) is 0.165. The van der Waals surface area contributed by atoms with Gasteiger partial charge in [-0.25, -0.2) is 8.42 Å². The number of carbonyl (C=O) groups excluding carboxylic acids is 2. The second-order valence-electron chi connectivity index (χ2n) is 11.8. The molecular formula is C35H36FN3O5S. The molecule has 1 aromatic heterocycles. The van der Waals surface area contributed by atoms with Crippen LogP contribution < -0.4 is 9.62 Å². The van der Waals surface area contributed by atoms with Crippen molar-refractivity contribution in [2.24, 2.45) is 5.92 Å². The SMILES string of the molecule is CCC(=O)c1c(-c2ccc(C)cc2)oc2cc(N(CCCF)S(C)(=O)=O)c(-c3cccc(C(=O)NC(C)(C#N)C4CC4)c3)cc12. The van der Waals surface area contributed by atoms with E-state index in [-0.39, 0.29) is 42.3 Å². The molecule has 1 saturated carbocycles. The zero-order valence-corrected chi connectivity index (χ0v) is 26.6. The number of nitriles is 1. The topological polar surface area (TPSA) is 120 Å². The molecule has 1 N–H and O–H groups in total.